The van der Waals surface area contributed by atoms with Crippen molar-refractivity contribution in [2.45, 2.75) is 26.3 Å². The third-order valence-corrected chi connectivity index (χ3v) is 3.90. The van der Waals surface area contributed by atoms with Gasteiger partial charge in [0.15, 0.2) is 0 Å². The largest absolute Gasteiger partial charge is 0.323 e. The highest BCUT2D eigenvalue weighted by atomic mass is 32.1. The highest BCUT2D eigenvalue weighted by Gasteiger charge is 2.14. The summed E-state index contributed by atoms with van der Waals surface area (Å²) < 4.78 is 3.88. The minimum atomic E-state index is -0.0356. The number of rotatable bonds is 3. The third-order valence-electron chi connectivity index (χ3n) is 2.12. The van der Waals surface area contributed by atoms with Crippen molar-refractivity contribution in [2.24, 2.45) is 5.73 Å². The van der Waals surface area contributed by atoms with Gasteiger partial charge in [-0.3, -0.25) is 0 Å². The average Bonchev–Trinajstić information content (AvgIpc) is 2.75. The van der Waals surface area contributed by atoms with Gasteiger partial charge in [-0.15, -0.1) is 16.4 Å². The van der Waals surface area contributed by atoms with E-state index in [1.165, 1.54) is 11.5 Å². The van der Waals surface area contributed by atoms with E-state index in [4.69, 9.17) is 5.73 Å². The standard InChI is InChI=1S/C9H12N4S2/c1-5-9(15-13-12-5)8(10)3-7-4-14-6(2)11-7/h4,8H,3,10H2,1-2H3. The molecular formula is C9H12N4S2. The predicted molar refractivity (Wildman–Crippen MR) is 62.1 cm³/mol. The van der Waals surface area contributed by atoms with Crippen molar-refractivity contribution in [1.82, 2.24) is 14.6 Å². The van der Waals surface area contributed by atoms with E-state index in [0.29, 0.717) is 0 Å². The number of aromatic nitrogens is 3. The molecule has 0 saturated heterocycles. The highest BCUT2D eigenvalue weighted by molar-refractivity contribution is 7.09. The molecule has 0 aromatic carbocycles. The minimum absolute atomic E-state index is 0.0356. The molecule has 2 heterocycles. The van der Waals surface area contributed by atoms with Crippen molar-refractivity contribution >= 4 is 22.9 Å². The van der Waals surface area contributed by atoms with E-state index in [-0.39, 0.29) is 6.04 Å². The summed E-state index contributed by atoms with van der Waals surface area (Å²) in [5, 5.41) is 7.09. The lowest BCUT2D eigenvalue weighted by Crippen LogP contribution is -2.13. The van der Waals surface area contributed by atoms with Crippen LogP contribution in [0.3, 0.4) is 0 Å². The highest BCUT2D eigenvalue weighted by Crippen LogP contribution is 2.21. The van der Waals surface area contributed by atoms with E-state index in [9.17, 15) is 0 Å². The van der Waals surface area contributed by atoms with E-state index < -0.39 is 0 Å². The van der Waals surface area contributed by atoms with Gasteiger partial charge in [0.25, 0.3) is 0 Å². The summed E-state index contributed by atoms with van der Waals surface area (Å²) in [4.78, 5) is 5.45. The molecule has 1 atom stereocenters. The van der Waals surface area contributed by atoms with Crippen molar-refractivity contribution in [3.63, 3.8) is 0 Å². The SMILES string of the molecule is Cc1nc(CC(N)c2snnc2C)cs1. The summed E-state index contributed by atoms with van der Waals surface area (Å²) in [5.41, 5.74) is 8.06. The number of nitrogens with two attached hydrogens (primary N) is 1. The Morgan fingerprint density at radius 3 is 2.80 bits per heavy atom. The van der Waals surface area contributed by atoms with Gasteiger partial charge in [0.1, 0.15) is 0 Å². The first kappa shape index (κ1) is 10.7. The van der Waals surface area contributed by atoms with Crippen LogP contribution in [-0.2, 0) is 6.42 Å². The molecule has 0 fully saturated rings. The molecule has 15 heavy (non-hydrogen) atoms. The number of hydrogen-bond donors (Lipinski definition) is 1. The summed E-state index contributed by atoms with van der Waals surface area (Å²) in [6, 6.07) is -0.0356. The number of aryl methyl sites for hydroxylation is 2. The van der Waals surface area contributed by atoms with Crippen molar-refractivity contribution in [1.29, 1.82) is 0 Å². The summed E-state index contributed by atoms with van der Waals surface area (Å²) in [6.07, 6.45) is 0.759. The Labute approximate surface area is 96.3 Å². The monoisotopic (exact) mass is 240 g/mol. The lowest BCUT2D eigenvalue weighted by molar-refractivity contribution is 0.715. The normalized spacial score (nSPS) is 13.0. The third kappa shape index (κ3) is 2.39. The van der Waals surface area contributed by atoms with E-state index in [2.05, 4.69) is 20.0 Å². The molecule has 0 aliphatic carbocycles. The molecule has 2 aromatic rings. The Kier molecular flexibility index (Phi) is 3.08. The van der Waals surface area contributed by atoms with Crippen LogP contribution >= 0.6 is 22.9 Å². The molecule has 0 radical (unpaired) electrons. The van der Waals surface area contributed by atoms with E-state index >= 15 is 0 Å². The van der Waals surface area contributed by atoms with Gasteiger partial charge in [-0.2, -0.15) is 0 Å². The second-order valence-electron chi connectivity index (χ2n) is 3.39. The van der Waals surface area contributed by atoms with Gasteiger partial charge >= 0.3 is 0 Å². The summed E-state index contributed by atoms with van der Waals surface area (Å²) in [5.74, 6) is 0. The molecule has 0 aliphatic rings. The Hall–Kier alpha value is -0.850. The van der Waals surface area contributed by atoms with Crippen molar-refractivity contribution in [3.05, 3.63) is 26.7 Å². The van der Waals surface area contributed by atoms with Gasteiger partial charge in [0.2, 0.25) is 0 Å². The van der Waals surface area contributed by atoms with E-state index in [1.54, 1.807) is 11.3 Å². The van der Waals surface area contributed by atoms with Crippen LogP contribution in [0.15, 0.2) is 5.38 Å². The second kappa shape index (κ2) is 4.34. The first-order chi connectivity index (χ1) is 7.16. The van der Waals surface area contributed by atoms with Crippen molar-refractivity contribution in [2.75, 3.05) is 0 Å². The number of nitrogens with zero attached hydrogens (tertiary/aromatic N) is 3. The van der Waals surface area contributed by atoms with Crippen molar-refractivity contribution in [3.8, 4) is 0 Å². The Balaban J connectivity index is 2.10. The van der Waals surface area contributed by atoms with E-state index in [1.807, 2.05) is 13.8 Å². The first-order valence-corrected chi connectivity index (χ1v) is 6.27. The van der Waals surface area contributed by atoms with E-state index in [0.717, 1.165) is 27.7 Å². The average molecular weight is 240 g/mol. The lowest BCUT2D eigenvalue weighted by atomic mass is 10.1. The minimum Gasteiger partial charge on any atom is -0.323 e. The fourth-order valence-corrected chi connectivity index (χ4v) is 2.67. The zero-order chi connectivity index (χ0) is 10.8. The molecule has 80 valence electrons. The maximum atomic E-state index is 6.08. The quantitative estimate of drug-likeness (QED) is 0.889. The Morgan fingerprint density at radius 2 is 2.27 bits per heavy atom. The lowest BCUT2D eigenvalue weighted by Gasteiger charge is -2.06. The van der Waals surface area contributed by atoms with Gasteiger partial charge in [-0.1, -0.05) is 4.49 Å². The molecular weight excluding hydrogens is 228 g/mol. The van der Waals surface area contributed by atoms with Crippen LogP contribution in [-0.4, -0.2) is 14.6 Å². The molecule has 2 aromatic heterocycles. The van der Waals surface area contributed by atoms with Crippen LogP contribution in [0, 0.1) is 13.8 Å². The molecule has 2 rings (SSSR count). The molecule has 4 nitrogen and oxygen atoms in total. The molecule has 0 amide bonds. The fraction of sp³-hybridized carbons (Fsp3) is 0.444. The van der Waals surface area contributed by atoms with Crippen molar-refractivity contribution < 1.29 is 0 Å². The van der Waals surface area contributed by atoms with Crippen LogP contribution in [0.1, 0.15) is 27.3 Å². The molecule has 2 N–H and O–H groups in total. The van der Waals surface area contributed by atoms with Crippen LogP contribution < -0.4 is 5.73 Å². The van der Waals surface area contributed by atoms with Gasteiger partial charge in [0, 0.05) is 17.8 Å². The fourth-order valence-electron chi connectivity index (χ4n) is 1.40. The molecule has 6 heteroatoms. The summed E-state index contributed by atoms with van der Waals surface area (Å²) in [7, 11) is 0. The maximum Gasteiger partial charge on any atom is 0.0897 e. The van der Waals surface area contributed by atoms with Crippen LogP contribution in [0.4, 0.5) is 0 Å². The van der Waals surface area contributed by atoms with Crippen LogP contribution in [0.5, 0.6) is 0 Å². The molecule has 1 unspecified atom stereocenters. The Bertz CT molecular complexity index is 448. The van der Waals surface area contributed by atoms with Crippen LogP contribution in [0.2, 0.25) is 0 Å². The van der Waals surface area contributed by atoms with Gasteiger partial charge < -0.3 is 5.73 Å². The topological polar surface area (TPSA) is 64.7 Å². The molecule has 0 saturated carbocycles. The number of hydrogen-bond acceptors (Lipinski definition) is 6. The van der Waals surface area contributed by atoms with Gasteiger partial charge in [-0.05, 0) is 25.4 Å². The van der Waals surface area contributed by atoms with Crippen LogP contribution in [0.25, 0.3) is 0 Å². The molecule has 0 bridgehead atoms. The zero-order valence-electron chi connectivity index (χ0n) is 8.60. The van der Waals surface area contributed by atoms with Gasteiger partial charge in [0.05, 0.1) is 21.3 Å². The second-order valence-corrected chi connectivity index (χ2v) is 5.24. The smallest absolute Gasteiger partial charge is 0.0897 e. The number of thiazole rings is 1. The zero-order valence-corrected chi connectivity index (χ0v) is 10.2. The predicted octanol–water partition coefficient (Wildman–Crippen LogP) is 1.85. The molecule has 0 aliphatic heterocycles. The summed E-state index contributed by atoms with van der Waals surface area (Å²) in [6.45, 7) is 3.93. The maximum absolute atomic E-state index is 6.08. The molecule has 0 spiro atoms. The van der Waals surface area contributed by atoms with Gasteiger partial charge in [-0.25, -0.2) is 4.98 Å². The Morgan fingerprint density at radius 1 is 1.47 bits per heavy atom. The first-order valence-electron chi connectivity index (χ1n) is 4.62. The summed E-state index contributed by atoms with van der Waals surface area (Å²) >= 11 is 3.03.